The second kappa shape index (κ2) is 10.5. The largest absolute Gasteiger partial charge is 0.339 e. The van der Waals surface area contributed by atoms with Crippen molar-refractivity contribution in [2.24, 2.45) is 0 Å². The van der Waals surface area contributed by atoms with E-state index in [-0.39, 0.29) is 10.5 Å². The van der Waals surface area contributed by atoms with E-state index in [1.54, 1.807) is 6.08 Å². The van der Waals surface area contributed by atoms with Crippen LogP contribution in [0.5, 0.6) is 0 Å². The molecule has 0 saturated heterocycles. The number of thiocarbonyl (C=S) groups is 1. The Bertz CT molecular complexity index is 889. The second-order valence-electron chi connectivity index (χ2n) is 7.65. The van der Waals surface area contributed by atoms with E-state index >= 15 is 0 Å². The number of nitrogens with one attached hydrogen (secondary N) is 3. The first-order valence-corrected chi connectivity index (χ1v) is 10.8. The quantitative estimate of drug-likeness (QED) is 0.217. The first-order chi connectivity index (χ1) is 13.9. The van der Waals surface area contributed by atoms with Gasteiger partial charge < -0.3 is 16.0 Å². The molecule has 3 N–H and O–H groups in total. The molecule has 0 radical (unpaired) electrons. The van der Waals surface area contributed by atoms with Gasteiger partial charge >= 0.3 is 0 Å². The molecule has 0 bridgehead atoms. The van der Waals surface area contributed by atoms with Gasteiger partial charge in [-0.25, -0.2) is 0 Å². The molecule has 0 aliphatic heterocycles. The number of carbonyl (C=O) groups excluding carboxylic acids is 1. The fraction of sp³-hybridized carbons (Fsp3) is 0.273. The Morgan fingerprint density at radius 1 is 0.967 bits per heavy atom. The SMILES string of the molecule is CC(C)(C)c1ccc(NC(=S)NC(NC(=O)/C=C/c2ccccc2)C(Cl)(Cl)Cl)cc1. The maximum atomic E-state index is 12.3. The van der Waals surface area contributed by atoms with Gasteiger partial charge in [0.05, 0.1) is 0 Å². The van der Waals surface area contributed by atoms with E-state index in [2.05, 4.69) is 36.7 Å². The molecule has 0 aromatic heterocycles. The van der Waals surface area contributed by atoms with Crippen LogP contribution in [0, 0.1) is 0 Å². The lowest BCUT2D eigenvalue weighted by atomic mass is 9.87. The summed E-state index contributed by atoms with van der Waals surface area (Å²) in [6, 6.07) is 17.3. The summed E-state index contributed by atoms with van der Waals surface area (Å²) in [4.78, 5) is 12.3. The van der Waals surface area contributed by atoms with Crippen LogP contribution in [0.4, 0.5) is 5.69 Å². The molecular weight excluding hydrogens is 461 g/mol. The summed E-state index contributed by atoms with van der Waals surface area (Å²) >= 11 is 23.4. The molecule has 30 heavy (non-hydrogen) atoms. The van der Waals surface area contributed by atoms with Crippen molar-refractivity contribution in [3.8, 4) is 0 Å². The van der Waals surface area contributed by atoms with Crippen molar-refractivity contribution < 1.29 is 4.79 Å². The van der Waals surface area contributed by atoms with Crippen LogP contribution < -0.4 is 16.0 Å². The Morgan fingerprint density at radius 2 is 1.57 bits per heavy atom. The molecule has 0 heterocycles. The zero-order valence-corrected chi connectivity index (χ0v) is 20.0. The third kappa shape index (κ3) is 8.15. The third-order valence-corrected chi connectivity index (χ3v) is 5.00. The van der Waals surface area contributed by atoms with Gasteiger partial charge in [-0.3, -0.25) is 4.79 Å². The van der Waals surface area contributed by atoms with Gasteiger partial charge in [0.15, 0.2) is 5.11 Å². The van der Waals surface area contributed by atoms with Gasteiger partial charge in [-0.2, -0.15) is 0 Å². The highest BCUT2D eigenvalue weighted by molar-refractivity contribution is 7.80. The number of hydrogen-bond acceptors (Lipinski definition) is 2. The minimum Gasteiger partial charge on any atom is -0.339 e. The Morgan fingerprint density at radius 3 is 2.10 bits per heavy atom. The van der Waals surface area contributed by atoms with Crippen molar-refractivity contribution in [2.45, 2.75) is 36.1 Å². The summed E-state index contributed by atoms with van der Waals surface area (Å²) in [6.45, 7) is 6.42. The van der Waals surface area contributed by atoms with Gasteiger partial charge in [-0.1, -0.05) is 98.0 Å². The third-order valence-electron chi connectivity index (χ3n) is 4.12. The number of halogens is 3. The molecule has 2 aromatic rings. The molecule has 0 fully saturated rings. The molecule has 0 saturated carbocycles. The van der Waals surface area contributed by atoms with E-state index in [4.69, 9.17) is 47.0 Å². The standard InChI is InChI=1S/C22H24Cl3N3OS/c1-21(2,3)16-10-12-17(13-11-16)26-20(30)28-19(22(23,24)25)27-18(29)14-9-15-7-5-4-6-8-15/h4-14,19H,1-3H3,(H,27,29)(H2,26,28,30)/b14-9+. The average Bonchev–Trinajstić information content (AvgIpc) is 2.65. The Balaban J connectivity index is 1.99. The van der Waals surface area contributed by atoms with Gasteiger partial charge in [-0.15, -0.1) is 0 Å². The number of benzene rings is 2. The second-order valence-corrected chi connectivity index (χ2v) is 10.4. The molecule has 1 unspecified atom stereocenters. The van der Waals surface area contributed by atoms with Gasteiger partial charge in [0.1, 0.15) is 6.17 Å². The maximum Gasteiger partial charge on any atom is 0.245 e. The number of rotatable bonds is 5. The van der Waals surface area contributed by atoms with Crippen molar-refractivity contribution in [3.05, 3.63) is 71.8 Å². The normalized spacial score (nSPS) is 13.0. The van der Waals surface area contributed by atoms with E-state index < -0.39 is 15.9 Å². The highest BCUT2D eigenvalue weighted by Crippen LogP contribution is 2.29. The van der Waals surface area contributed by atoms with Crippen molar-refractivity contribution in [1.82, 2.24) is 10.6 Å². The number of carbonyl (C=O) groups is 1. The van der Waals surface area contributed by atoms with E-state index in [1.165, 1.54) is 11.6 Å². The molecule has 1 amide bonds. The van der Waals surface area contributed by atoms with Crippen molar-refractivity contribution in [2.75, 3.05) is 5.32 Å². The lowest BCUT2D eigenvalue weighted by Gasteiger charge is -2.27. The lowest BCUT2D eigenvalue weighted by molar-refractivity contribution is -0.117. The fourth-order valence-corrected chi connectivity index (χ4v) is 3.04. The van der Waals surface area contributed by atoms with E-state index in [9.17, 15) is 4.79 Å². The lowest BCUT2D eigenvalue weighted by Crippen LogP contribution is -2.55. The topological polar surface area (TPSA) is 53.2 Å². The summed E-state index contributed by atoms with van der Waals surface area (Å²) < 4.78 is -1.82. The van der Waals surface area contributed by atoms with Crippen LogP contribution >= 0.6 is 47.0 Å². The van der Waals surface area contributed by atoms with E-state index in [0.29, 0.717) is 0 Å². The molecule has 1 atom stereocenters. The Kier molecular flexibility index (Phi) is 8.56. The van der Waals surface area contributed by atoms with Crippen molar-refractivity contribution in [1.29, 1.82) is 0 Å². The Labute approximate surface area is 198 Å². The predicted molar refractivity (Wildman–Crippen MR) is 132 cm³/mol. The van der Waals surface area contributed by atoms with Crippen LogP contribution in [0.2, 0.25) is 0 Å². The molecule has 0 aliphatic rings. The summed E-state index contributed by atoms with van der Waals surface area (Å²) in [5.74, 6) is -0.431. The predicted octanol–water partition coefficient (Wildman–Crippen LogP) is 5.80. The Hall–Kier alpha value is -1.79. The van der Waals surface area contributed by atoms with Crippen LogP contribution in [0.15, 0.2) is 60.7 Å². The maximum absolute atomic E-state index is 12.3. The summed E-state index contributed by atoms with van der Waals surface area (Å²) in [5.41, 5.74) is 2.90. The molecule has 4 nitrogen and oxygen atoms in total. The van der Waals surface area contributed by atoms with E-state index in [0.717, 1.165) is 11.3 Å². The zero-order valence-electron chi connectivity index (χ0n) is 16.9. The van der Waals surface area contributed by atoms with Gasteiger partial charge in [0.2, 0.25) is 9.70 Å². The number of hydrogen-bond donors (Lipinski definition) is 3. The van der Waals surface area contributed by atoms with Crippen LogP contribution in [-0.2, 0) is 10.2 Å². The van der Waals surface area contributed by atoms with Crippen molar-refractivity contribution >= 4 is 69.8 Å². The molecule has 0 aliphatic carbocycles. The first-order valence-electron chi connectivity index (χ1n) is 9.23. The molecule has 2 aromatic carbocycles. The van der Waals surface area contributed by atoms with Gasteiger partial charge in [0.25, 0.3) is 0 Å². The van der Waals surface area contributed by atoms with Crippen LogP contribution in [0.3, 0.4) is 0 Å². The molecule has 2 rings (SSSR count). The van der Waals surface area contributed by atoms with E-state index in [1.807, 2.05) is 54.6 Å². The molecule has 160 valence electrons. The van der Waals surface area contributed by atoms with Crippen LogP contribution in [0.1, 0.15) is 31.9 Å². The number of anilines is 1. The zero-order chi connectivity index (χ0) is 22.4. The summed E-state index contributed by atoms with van der Waals surface area (Å²) in [7, 11) is 0. The number of alkyl halides is 3. The molecule has 0 spiro atoms. The highest BCUT2D eigenvalue weighted by atomic mass is 35.6. The van der Waals surface area contributed by atoms with Crippen LogP contribution in [-0.4, -0.2) is 21.0 Å². The van der Waals surface area contributed by atoms with Gasteiger partial charge in [-0.05, 0) is 47.0 Å². The average molecular weight is 485 g/mol. The van der Waals surface area contributed by atoms with Crippen molar-refractivity contribution in [3.63, 3.8) is 0 Å². The minimum atomic E-state index is -1.82. The van der Waals surface area contributed by atoms with Gasteiger partial charge in [0, 0.05) is 11.8 Å². The fourth-order valence-electron chi connectivity index (χ4n) is 2.48. The summed E-state index contributed by atoms with van der Waals surface area (Å²) in [6.07, 6.45) is 1.99. The summed E-state index contributed by atoms with van der Waals surface area (Å²) in [5, 5.41) is 8.69. The molecular formula is C22H24Cl3N3OS. The first kappa shape index (κ1) is 24.5. The minimum absolute atomic E-state index is 0.0510. The van der Waals surface area contributed by atoms with Crippen LogP contribution in [0.25, 0.3) is 6.08 Å². The number of amides is 1. The monoisotopic (exact) mass is 483 g/mol. The highest BCUT2D eigenvalue weighted by Gasteiger charge is 2.34. The molecule has 8 heteroatoms. The smallest absolute Gasteiger partial charge is 0.245 e.